The summed E-state index contributed by atoms with van der Waals surface area (Å²) >= 11 is 0. The van der Waals surface area contributed by atoms with E-state index in [1.54, 1.807) is 17.0 Å². The van der Waals surface area contributed by atoms with Crippen LogP contribution in [0.15, 0.2) is 30.3 Å². The molecule has 1 aromatic heterocycles. The van der Waals surface area contributed by atoms with Gasteiger partial charge in [0.2, 0.25) is 0 Å². The number of anilines is 2. The number of terminal acetylenes is 1. The molecule has 2 bridgehead atoms. The first kappa shape index (κ1) is 26.7. The second kappa shape index (κ2) is 10.1. The lowest BCUT2D eigenvalue weighted by atomic mass is 9.95. The standard InChI is InChI=1S/C33H35FN6O3/c1-2-20-5-3-6-21-13-25(41)14-27(28(20)21)40-12-9-26-29(31(40)42)36-32(37-30(26)38-17-23-7-8-24(18-38)35-23)43-19-33-10-4-11-39(33)16-22(34)15-33/h1,3,5-6,13-14,22-24,35,41H,4,7-12,15-19H2/t22-,23?,24?,33+/m1/s1. The third-order valence-corrected chi connectivity index (χ3v) is 10.1. The Bertz CT molecular complexity index is 1660. The average Bonchev–Trinajstić information content (AvgIpc) is 3.65. The number of halogens is 1. The van der Waals surface area contributed by atoms with Crippen molar-refractivity contribution in [2.24, 2.45) is 0 Å². The van der Waals surface area contributed by atoms with Crippen LogP contribution in [0.25, 0.3) is 10.8 Å². The molecule has 1 amide bonds. The van der Waals surface area contributed by atoms with Crippen LogP contribution < -0.4 is 19.9 Å². The summed E-state index contributed by atoms with van der Waals surface area (Å²) in [5.41, 5.74) is 1.99. The molecule has 0 saturated carbocycles. The lowest BCUT2D eigenvalue weighted by Crippen LogP contribution is -2.52. The van der Waals surface area contributed by atoms with Crippen molar-refractivity contribution in [3.63, 3.8) is 0 Å². The number of piperazine rings is 1. The van der Waals surface area contributed by atoms with Crippen molar-refractivity contribution < 1.29 is 19.0 Å². The number of rotatable bonds is 5. The second-order valence-electron chi connectivity index (χ2n) is 12.8. The van der Waals surface area contributed by atoms with E-state index in [9.17, 15) is 14.3 Å². The fourth-order valence-corrected chi connectivity index (χ4v) is 8.21. The number of hydrogen-bond donors (Lipinski definition) is 2. The van der Waals surface area contributed by atoms with Gasteiger partial charge >= 0.3 is 6.01 Å². The molecular weight excluding hydrogens is 547 g/mol. The van der Waals surface area contributed by atoms with E-state index in [0.717, 1.165) is 67.5 Å². The van der Waals surface area contributed by atoms with E-state index in [1.807, 2.05) is 18.2 Å². The van der Waals surface area contributed by atoms with Gasteiger partial charge in [-0.25, -0.2) is 4.39 Å². The van der Waals surface area contributed by atoms with Gasteiger partial charge in [0.05, 0.1) is 11.2 Å². The highest BCUT2D eigenvalue weighted by Crippen LogP contribution is 2.41. The molecule has 5 aliphatic heterocycles. The van der Waals surface area contributed by atoms with Crippen molar-refractivity contribution in [3.8, 4) is 24.1 Å². The molecule has 43 heavy (non-hydrogen) atoms. The Hall–Kier alpha value is -3.94. The third kappa shape index (κ3) is 4.40. The molecule has 8 rings (SSSR count). The molecule has 0 spiro atoms. The smallest absolute Gasteiger partial charge is 0.319 e. The van der Waals surface area contributed by atoms with Crippen LogP contribution in [0, 0.1) is 12.3 Å². The van der Waals surface area contributed by atoms with Crippen LogP contribution >= 0.6 is 0 Å². The zero-order chi connectivity index (χ0) is 29.3. The van der Waals surface area contributed by atoms with E-state index in [0.29, 0.717) is 61.6 Å². The number of fused-ring (bicyclic) bond motifs is 5. The number of phenols is 1. The number of alkyl halides is 1. The Kier molecular flexibility index (Phi) is 6.24. The van der Waals surface area contributed by atoms with Crippen molar-refractivity contribution in [3.05, 3.63) is 47.2 Å². The van der Waals surface area contributed by atoms with Gasteiger partial charge in [-0.1, -0.05) is 18.1 Å². The molecular formula is C33H35FN6O3. The normalized spacial score (nSPS) is 28.3. The Morgan fingerprint density at radius 1 is 1.16 bits per heavy atom. The van der Waals surface area contributed by atoms with Gasteiger partial charge in [-0.15, -0.1) is 6.42 Å². The third-order valence-electron chi connectivity index (χ3n) is 10.1. The Morgan fingerprint density at radius 2 is 2.00 bits per heavy atom. The first-order chi connectivity index (χ1) is 20.9. The van der Waals surface area contributed by atoms with E-state index >= 15 is 0 Å². The maximum absolute atomic E-state index is 14.5. The highest BCUT2D eigenvalue weighted by atomic mass is 19.1. The lowest BCUT2D eigenvalue weighted by molar-refractivity contribution is 0.0963. The number of amides is 1. The highest BCUT2D eigenvalue weighted by Gasteiger charge is 2.49. The summed E-state index contributed by atoms with van der Waals surface area (Å²) < 4.78 is 20.8. The van der Waals surface area contributed by atoms with E-state index in [-0.39, 0.29) is 23.2 Å². The Labute approximate surface area is 250 Å². The number of carbonyl (C=O) groups is 1. The minimum absolute atomic E-state index is 0.0575. The summed E-state index contributed by atoms with van der Waals surface area (Å²) in [6, 6.07) is 9.75. The van der Waals surface area contributed by atoms with Crippen LogP contribution in [0.2, 0.25) is 0 Å². The number of aromatic nitrogens is 2. The number of hydrogen-bond acceptors (Lipinski definition) is 8. The van der Waals surface area contributed by atoms with Crippen molar-refractivity contribution >= 4 is 28.2 Å². The van der Waals surface area contributed by atoms with Crippen LogP contribution in [-0.2, 0) is 6.42 Å². The molecule has 3 aromatic rings. The Morgan fingerprint density at radius 3 is 2.81 bits per heavy atom. The Balaban J connectivity index is 1.19. The number of aromatic hydroxyl groups is 1. The number of nitrogens with zero attached hydrogens (tertiary/aromatic N) is 5. The SMILES string of the molecule is C#Cc1cccc2cc(O)cc(N3CCc4c(nc(OC[C@@]56CCCN5C[C@H](F)C6)nc4N4CC5CCC(C4)N5)C3=O)c12. The molecule has 4 atom stereocenters. The summed E-state index contributed by atoms with van der Waals surface area (Å²) in [5.74, 6) is 3.27. The number of benzene rings is 2. The fourth-order valence-electron chi connectivity index (χ4n) is 8.21. The minimum atomic E-state index is -0.861. The predicted octanol–water partition coefficient (Wildman–Crippen LogP) is 3.42. The average molecular weight is 583 g/mol. The molecule has 4 fully saturated rings. The molecule has 10 heteroatoms. The summed E-state index contributed by atoms with van der Waals surface area (Å²) in [6.07, 6.45) is 10.1. The second-order valence-corrected chi connectivity index (χ2v) is 12.8. The molecule has 2 aromatic carbocycles. The zero-order valence-corrected chi connectivity index (χ0v) is 24.1. The molecule has 2 N–H and O–H groups in total. The minimum Gasteiger partial charge on any atom is -0.508 e. The lowest BCUT2D eigenvalue weighted by Gasteiger charge is -2.37. The van der Waals surface area contributed by atoms with Gasteiger partial charge in [0.15, 0.2) is 0 Å². The van der Waals surface area contributed by atoms with E-state index < -0.39 is 6.17 Å². The topological polar surface area (TPSA) is 94.1 Å². The number of nitrogens with one attached hydrogen (secondary N) is 1. The van der Waals surface area contributed by atoms with E-state index in [4.69, 9.17) is 21.1 Å². The fraction of sp³-hybridized carbons (Fsp3) is 0.485. The van der Waals surface area contributed by atoms with Gasteiger partial charge in [0, 0.05) is 67.3 Å². The molecule has 0 aliphatic carbocycles. The van der Waals surface area contributed by atoms with E-state index in [1.165, 1.54) is 0 Å². The van der Waals surface area contributed by atoms with Crippen molar-refractivity contribution in [1.82, 2.24) is 20.2 Å². The van der Waals surface area contributed by atoms with Gasteiger partial charge in [-0.05, 0) is 56.2 Å². The van der Waals surface area contributed by atoms with Gasteiger partial charge in [0.1, 0.15) is 30.0 Å². The van der Waals surface area contributed by atoms with Crippen LogP contribution in [-0.4, -0.2) is 89.0 Å². The summed E-state index contributed by atoms with van der Waals surface area (Å²) in [5, 5.41) is 15.8. The molecule has 6 heterocycles. The number of phenolic OH excluding ortho intramolecular Hbond substituents is 1. The summed E-state index contributed by atoms with van der Waals surface area (Å²) in [4.78, 5) is 30.2. The molecule has 5 aliphatic rings. The zero-order valence-electron chi connectivity index (χ0n) is 24.1. The molecule has 2 unspecified atom stereocenters. The first-order valence-corrected chi connectivity index (χ1v) is 15.4. The monoisotopic (exact) mass is 582 g/mol. The largest absolute Gasteiger partial charge is 0.508 e. The van der Waals surface area contributed by atoms with Crippen LogP contribution in [0.1, 0.15) is 53.7 Å². The molecule has 4 saturated heterocycles. The summed E-state index contributed by atoms with van der Waals surface area (Å²) in [7, 11) is 0. The molecule has 0 radical (unpaired) electrons. The van der Waals surface area contributed by atoms with Gasteiger partial charge in [-0.2, -0.15) is 9.97 Å². The quantitative estimate of drug-likeness (QED) is 0.443. The first-order valence-electron chi connectivity index (χ1n) is 15.4. The van der Waals surface area contributed by atoms with Crippen LogP contribution in [0.4, 0.5) is 15.9 Å². The van der Waals surface area contributed by atoms with Gasteiger partial charge in [-0.3, -0.25) is 9.69 Å². The maximum Gasteiger partial charge on any atom is 0.319 e. The number of carbonyl (C=O) groups excluding carboxylic acids is 1. The van der Waals surface area contributed by atoms with Crippen molar-refractivity contribution in [1.29, 1.82) is 0 Å². The van der Waals surface area contributed by atoms with Crippen LogP contribution in [0.5, 0.6) is 11.8 Å². The predicted molar refractivity (Wildman–Crippen MR) is 162 cm³/mol. The molecule has 222 valence electrons. The summed E-state index contributed by atoms with van der Waals surface area (Å²) in [6.45, 7) is 3.61. The van der Waals surface area contributed by atoms with E-state index in [2.05, 4.69) is 21.0 Å². The number of ether oxygens (including phenoxy) is 1. The van der Waals surface area contributed by atoms with Gasteiger partial charge < -0.3 is 25.0 Å². The highest BCUT2D eigenvalue weighted by molar-refractivity contribution is 6.13. The van der Waals surface area contributed by atoms with Gasteiger partial charge in [0.25, 0.3) is 5.91 Å². The molecule has 9 nitrogen and oxygen atoms in total. The van der Waals surface area contributed by atoms with Crippen LogP contribution in [0.3, 0.4) is 0 Å². The maximum atomic E-state index is 14.5. The van der Waals surface area contributed by atoms with Crippen molar-refractivity contribution in [2.45, 2.75) is 62.3 Å². The van der Waals surface area contributed by atoms with Crippen molar-refractivity contribution in [2.75, 3.05) is 49.1 Å².